The number of nitrogens with one attached hydrogen (secondary N) is 1. The van der Waals surface area contributed by atoms with Gasteiger partial charge in [0.1, 0.15) is 0 Å². The second-order valence-corrected chi connectivity index (χ2v) is 4.85. The second-order valence-electron chi connectivity index (χ2n) is 4.85. The van der Waals surface area contributed by atoms with Crippen LogP contribution in [0.5, 0.6) is 0 Å². The first-order valence-electron chi connectivity index (χ1n) is 6.48. The fourth-order valence-corrected chi connectivity index (χ4v) is 2.32. The molecule has 18 heavy (non-hydrogen) atoms. The van der Waals surface area contributed by atoms with Crippen LogP contribution in [-0.4, -0.2) is 7.05 Å². The number of hydrogen-bond donors (Lipinski definition) is 1. The summed E-state index contributed by atoms with van der Waals surface area (Å²) in [6.07, 6.45) is 0. The third kappa shape index (κ3) is 2.32. The lowest BCUT2D eigenvalue weighted by Crippen LogP contribution is -2.13. The van der Waals surface area contributed by atoms with Crippen molar-refractivity contribution < 1.29 is 0 Å². The fraction of sp³-hybridized carbons (Fsp3) is 0.294. The molecule has 2 aromatic carbocycles. The van der Waals surface area contributed by atoms with Crippen LogP contribution in [0.3, 0.4) is 0 Å². The van der Waals surface area contributed by atoms with Crippen LogP contribution in [0.4, 0.5) is 0 Å². The van der Waals surface area contributed by atoms with Gasteiger partial charge in [-0.05, 0) is 55.6 Å². The molecular weight excluding hydrogens is 218 g/mol. The van der Waals surface area contributed by atoms with Crippen LogP contribution < -0.4 is 5.32 Å². The monoisotopic (exact) mass is 239 g/mol. The summed E-state index contributed by atoms with van der Waals surface area (Å²) in [4.78, 5) is 0. The summed E-state index contributed by atoms with van der Waals surface area (Å²) >= 11 is 0. The first kappa shape index (κ1) is 12.8. The minimum absolute atomic E-state index is 0.362. The van der Waals surface area contributed by atoms with Gasteiger partial charge >= 0.3 is 0 Å². The highest BCUT2D eigenvalue weighted by atomic mass is 14.9. The molecule has 0 aliphatic heterocycles. The predicted molar refractivity (Wildman–Crippen MR) is 78.8 cm³/mol. The number of benzene rings is 2. The van der Waals surface area contributed by atoms with Gasteiger partial charge in [0.15, 0.2) is 0 Å². The first-order chi connectivity index (χ1) is 8.65. The van der Waals surface area contributed by atoms with Gasteiger partial charge in [-0.15, -0.1) is 0 Å². The molecule has 0 heterocycles. The van der Waals surface area contributed by atoms with E-state index in [1.807, 2.05) is 7.05 Å². The summed E-state index contributed by atoms with van der Waals surface area (Å²) < 4.78 is 0. The maximum atomic E-state index is 3.33. The molecule has 0 aliphatic rings. The Morgan fingerprint density at radius 2 is 1.56 bits per heavy atom. The van der Waals surface area contributed by atoms with Crippen molar-refractivity contribution in [2.24, 2.45) is 0 Å². The highest BCUT2D eigenvalue weighted by Crippen LogP contribution is 2.31. The van der Waals surface area contributed by atoms with Gasteiger partial charge in [0, 0.05) is 6.04 Å². The molecular formula is C17H21N. The van der Waals surface area contributed by atoms with Crippen molar-refractivity contribution in [1.29, 1.82) is 0 Å². The standard InChI is InChI=1S/C17H21N/c1-12-8-7-11-15(13(12)2)17-10-6-5-9-16(17)14(3)18-4/h5-11,14,18H,1-4H3. The van der Waals surface area contributed by atoms with Crippen molar-refractivity contribution in [3.63, 3.8) is 0 Å². The molecule has 2 rings (SSSR count). The molecule has 0 radical (unpaired) electrons. The van der Waals surface area contributed by atoms with Crippen LogP contribution in [0.15, 0.2) is 42.5 Å². The molecule has 1 atom stereocenters. The lowest BCUT2D eigenvalue weighted by Gasteiger charge is -2.18. The van der Waals surface area contributed by atoms with E-state index >= 15 is 0 Å². The van der Waals surface area contributed by atoms with Gasteiger partial charge < -0.3 is 5.32 Å². The molecule has 0 fully saturated rings. The number of rotatable bonds is 3. The third-order valence-corrected chi connectivity index (χ3v) is 3.76. The van der Waals surface area contributed by atoms with Crippen LogP contribution in [0.25, 0.3) is 11.1 Å². The highest BCUT2D eigenvalue weighted by molar-refractivity contribution is 5.72. The van der Waals surface area contributed by atoms with Gasteiger partial charge in [-0.25, -0.2) is 0 Å². The fourth-order valence-electron chi connectivity index (χ4n) is 2.32. The van der Waals surface area contributed by atoms with Crippen LogP contribution in [-0.2, 0) is 0 Å². The summed E-state index contributed by atoms with van der Waals surface area (Å²) in [7, 11) is 2.00. The van der Waals surface area contributed by atoms with Gasteiger partial charge in [0.25, 0.3) is 0 Å². The van der Waals surface area contributed by atoms with Gasteiger partial charge in [-0.2, -0.15) is 0 Å². The minimum atomic E-state index is 0.362. The van der Waals surface area contributed by atoms with Gasteiger partial charge in [-0.1, -0.05) is 42.5 Å². The Labute approximate surface area is 110 Å². The summed E-state index contributed by atoms with van der Waals surface area (Å²) in [5.41, 5.74) is 6.75. The molecule has 94 valence electrons. The van der Waals surface area contributed by atoms with E-state index in [-0.39, 0.29) is 0 Å². The summed E-state index contributed by atoms with van der Waals surface area (Å²) in [5.74, 6) is 0. The molecule has 1 nitrogen and oxygen atoms in total. The van der Waals surface area contributed by atoms with Crippen LogP contribution in [0.1, 0.15) is 29.7 Å². The Balaban J connectivity index is 2.60. The van der Waals surface area contributed by atoms with Gasteiger partial charge in [-0.3, -0.25) is 0 Å². The van der Waals surface area contributed by atoms with Crippen LogP contribution in [0.2, 0.25) is 0 Å². The predicted octanol–water partition coefficient (Wildman–Crippen LogP) is 4.25. The summed E-state index contributed by atoms with van der Waals surface area (Å²) in [5, 5.41) is 3.33. The zero-order valence-corrected chi connectivity index (χ0v) is 11.6. The van der Waals surface area contributed by atoms with Crippen LogP contribution in [0, 0.1) is 13.8 Å². The van der Waals surface area contributed by atoms with Gasteiger partial charge in [0.05, 0.1) is 0 Å². The lowest BCUT2D eigenvalue weighted by atomic mass is 9.91. The molecule has 0 aliphatic carbocycles. The SMILES string of the molecule is CNC(C)c1ccccc1-c1cccc(C)c1C. The smallest absolute Gasteiger partial charge is 0.0295 e. The van der Waals surface area contributed by atoms with E-state index < -0.39 is 0 Å². The van der Waals surface area contributed by atoms with Crippen molar-refractivity contribution in [2.75, 3.05) is 7.05 Å². The normalized spacial score (nSPS) is 12.4. The number of hydrogen-bond acceptors (Lipinski definition) is 1. The summed E-state index contributed by atoms with van der Waals surface area (Å²) in [6.45, 7) is 6.57. The zero-order chi connectivity index (χ0) is 13.1. The van der Waals surface area contributed by atoms with E-state index in [1.54, 1.807) is 0 Å². The molecule has 0 saturated heterocycles. The Morgan fingerprint density at radius 1 is 0.889 bits per heavy atom. The maximum absolute atomic E-state index is 3.33. The molecule has 2 aromatic rings. The first-order valence-corrected chi connectivity index (χ1v) is 6.48. The van der Waals surface area contributed by atoms with Crippen molar-refractivity contribution in [3.8, 4) is 11.1 Å². The lowest BCUT2D eigenvalue weighted by molar-refractivity contribution is 0.654. The van der Waals surface area contributed by atoms with E-state index in [2.05, 4.69) is 68.6 Å². The molecule has 1 unspecified atom stereocenters. The largest absolute Gasteiger partial charge is 0.313 e. The topological polar surface area (TPSA) is 12.0 Å². The van der Waals surface area contributed by atoms with E-state index in [9.17, 15) is 0 Å². The van der Waals surface area contributed by atoms with Crippen molar-refractivity contribution in [2.45, 2.75) is 26.8 Å². The van der Waals surface area contributed by atoms with E-state index in [0.717, 1.165) is 0 Å². The molecule has 0 bridgehead atoms. The maximum Gasteiger partial charge on any atom is 0.0295 e. The minimum Gasteiger partial charge on any atom is -0.313 e. The summed E-state index contributed by atoms with van der Waals surface area (Å²) in [6, 6.07) is 15.5. The Kier molecular flexibility index (Phi) is 3.83. The van der Waals surface area contributed by atoms with E-state index in [4.69, 9.17) is 0 Å². The molecule has 1 heteroatoms. The molecule has 1 N–H and O–H groups in total. The Hall–Kier alpha value is -1.60. The molecule has 0 saturated carbocycles. The van der Waals surface area contributed by atoms with Crippen LogP contribution >= 0.6 is 0 Å². The molecule has 0 spiro atoms. The number of aryl methyl sites for hydroxylation is 1. The van der Waals surface area contributed by atoms with Crippen molar-refractivity contribution in [1.82, 2.24) is 5.32 Å². The van der Waals surface area contributed by atoms with E-state index in [1.165, 1.54) is 27.8 Å². The highest BCUT2D eigenvalue weighted by Gasteiger charge is 2.11. The average molecular weight is 239 g/mol. The quantitative estimate of drug-likeness (QED) is 0.844. The zero-order valence-electron chi connectivity index (χ0n) is 11.6. The Morgan fingerprint density at radius 3 is 2.28 bits per heavy atom. The molecule has 0 amide bonds. The van der Waals surface area contributed by atoms with E-state index in [0.29, 0.717) is 6.04 Å². The second kappa shape index (κ2) is 5.36. The van der Waals surface area contributed by atoms with Crippen molar-refractivity contribution >= 4 is 0 Å². The van der Waals surface area contributed by atoms with Crippen molar-refractivity contribution in [3.05, 3.63) is 59.2 Å². The third-order valence-electron chi connectivity index (χ3n) is 3.76. The average Bonchev–Trinajstić information content (AvgIpc) is 2.41. The van der Waals surface area contributed by atoms with Gasteiger partial charge in [0.2, 0.25) is 0 Å². The molecule has 0 aromatic heterocycles. The Bertz CT molecular complexity index is 543.